The Bertz CT molecular complexity index is 917. The van der Waals surface area contributed by atoms with Crippen molar-refractivity contribution in [3.05, 3.63) is 58.8 Å². The molecule has 0 unspecified atom stereocenters. The molecule has 10 heteroatoms. The molecule has 0 saturated carbocycles. The topological polar surface area (TPSA) is 126 Å². The fourth-order valence-corrected chi connectivity index (χ4v) is 3.37. The second-order valence-electron chi connectivity index (χ2n) is 5.25. The highest BCUT2D eigenvalue weighted by Crippen LogP contribution is 2.50. The van der Waals surface area contributed by atoms with Crippen molar-refractivity contribution in [3.8, 4) is 10.8 Å². The monoisotopic (exact) mass is 379 g/mol. The van der Waals surface area contributed by atoms with Crippen LogP contribution < -0.4 is 5.32 Å². The summed E-state index contributed by atoms with van der Waals surface area (Å²) in [6.07, 6.45) is 0. The Hall–Kier alpha value is -2.32. The number of amides is 1. The first-order valence-electron chi connectivity index (χ1n) is 7.14. The van der Waals surface area contributed by atoms with Crippen LogP contribution in [0.2, 0.25) is 0 Å². The summed E-state index contributed by atoms with van der Waals surface area (Å²) in [4.78, 5) is 32.1. The molecule has 3 N–H and O–H groups in total. The van der Waals surface area contributed by atoms with E-state index in [1.165, 1.54) is 11.3 Å². The minimum absolute atomic E-state index is 0.132. The molecule has 1 amide bonds. The van der Waals surface area contributed by atoms with E-state index in [2.05, 4.69) is 15.5 Å². The lowest BCUT2D eigenvalue weighted by Crippen LogP contribution is -2.28. The van der Waals surface area contributed by atoms with Gasteiger partial charge in [-0.25, -0.2) is 0 Å². The fourth-order valence-electron chi connectivity index (χ4n) is 2.05. The standard InChI is InChI=1S/C15H14N3O5PS/c1-9-4-6-10(7-5-9)12(19)16-15(24(20,21)22)14-18-17-13(23-14)11-3-2-8-25-11/h2-8,15H,1H3,(H,16,19)(H2,20,21,22)/t15-/m1/s1. The summed E-state index contributed by atoms with van der Waals surface area (Å²) < 4.78 is 17.2. The number of thiophene rings is 1. The maximum absolute atomic E-state index is 12.3. The number of aryl methyl sites for hydroxylation is 1. The molecule has 1 aromatic carbocycles. The van der Waals surface area contributed by atoms with Gasteiger partial charge in [0, 0.05) is 5.56 Å². The van der Waals surface area contributed by atoms with Gasteiger partial charge in [0.25, 0.3) is 17.7 Å². The van der Waals surface area contributed by atoms with Crippen LogP contribution >= 0.6 is 18.9 Å². The molecule has 2 heterocycles. The van der Waals surface area contributed by atoms with Crippen molar-refractivity contribution in [2.45, 2.75) is 12.7 Å². The van der Waals surface area contributed by atoms with Crippen LogP contribution in [0.25, 0.3) is 10.8 Å². The van der Waals surface area contributed by atoms with Crippen LogP contribution in [-0.4, -0.2) is 25.9 Å². The molecule has 0 spiro atoms. The molecule has 0 saturated heterocycles. The average molecular weight is 379 g/mol. The third-order valence-corrected chi connectivity index (χ3v) is 5.20. The summed E-state index contributed by atoms with van der Waals surface area (Å²) in [6.45, 7) is 1.87. The predicted octanol–water partition coefficient (Wildman–Crippen LogP) is 2.71. The maximum atomic E-state index is 12.3. The Morgan fingerprint density at radius 2 is 1.96 bits per heavy atom. The fraction of sp³-hybridized carbons (Fsp3) is 0.133. The van der Waals surface area contributed by atoms with Crippen LogP contribution in [0.15, 0.2) is 46.2 Å². The highest BCUT2D eigenvalue weighted by atomic mass is 32.1. The van der Waals surface area contributed by atoms with E-state index < -0.39 is 19.3 Å². The van der Waals surface area contributed by atoms with Gasteiger partial charge in [0.05, 0.1) is 4.88 Å². The number of carbonyl (C=O) groups excluding carboxylic acids is 1. The van der Waals surface area contributed by atoms with Crippen molar-refractivity contribution in [1.29, 1.82) is 0 Å². The van der Waals surface area contributed by atoms with Crippen LogP contribution in [0.3, 0.4) is 0 Å². The molecule has 3 rings (SSSR count). The Balaban J connectivity index is 1.87. The number of hydrogen-bond acceptors (Lipinski definition) is 6. The molecule has 1 atom stereocenters. The zero-order valence-electron chi connectivity index (χ0n) is 13.0. The van der Waals surface area contributed by atoms with Crippen molar-refractivity contribution >= 4 is 24.8 Å². The molecule has 0 aliphatic heterocycles. The molecular weight excluding hydrogens is 365 g/mol. The zero-order valence-corrected chi connectivity index (χ0v) is 14.7. The number of rotatable bonds is 5. The van der Waals surface area contributed by atoms with E-state index in [9.17, 15) is 19.1 Å². The van der Waals surface area contributed by atoms with E-state index in [0.29, 0.717) is 4.88 Å². The Kier molecular flexibility index (Phi) is 4.82. The van der Waals surface area contributed by atoms with E-state index in [-0.39, 0.29) is 17.3 Å². The quantitative estimate of drug-likeness (QED) is 0.582. The van der Waals surface area contributed by atoms with E-state index in [1.54, 1.807) is 41.8 Å². The number of benzene rings is 1. The predicted molar refractivity (Wildman–Crippen MR) is 91.0 cm³/mol. The van der Waals surface area contributed by atoms with Gasteiger partial charge in [0.2, 0.25) is 5.78 Å². The Morgan fingerprint density at radius 1 is 1.24 bits per heavy atom. The molecule has 130 valence electrons. The van der Waals surface area contributed by atoms with Crippen molar-refractivity contribution < 1.29 is 23.6 Å². The van der Waals surface area contributed by atoms with Crippen LogP contribution in [0.1, 0.15) is 27.6 Å². The van der Waals surface area contributed by atoms with Gasteiger partial charge in [-0.05, 0) is 30.5 Å². The normalized spacial score (nSPS) is 12.8. The molecular formula is C15H14N3O5PS. The number of nitrogens with zero attached hydrogens (tertiary/aromatic N) is 2. The number of nitrogens with one attached hydrogen (secondary N) is 1. The average Bonchev–Trinajstić information content (AvgIpc) is 3.23. The lowest BCUT2D eigenvalue weighted by atomic mass is 10.1. The first kappa shape index (κ1) is 17.5. The van der Waals surface area contributed by atoms with Crippen molar-refractivity contribution in [1.82, 2.24) is 15.5 Å². The van der Waals surface area contributed by atoms with Crippen LogP contribution in [0, 0.1) is 6.92 Å². The number of carbonyl (C=O) groups is 1. The first-order chi connectivity index (χ1) is 11.8. The second-order valence-corrected chi connectivity index (χ2v) is 7.90. The van der Waals surface area contributed by atoms with E-state index in [4.69, 9.17) is 4.42 Å². The van der Waals surface area contributed by atoms with Gasteiger partial charge in [-0.3, -0.25) is 9.36 Å². The largest absolute Gasteiger partial charge is 0.417 e. The van der Waals surface area contributed by atoms with Gasteiger partial charge in [-0.1, -0.05) is 23.8 Å². The van der Waals surface area contributed by atoms with Crippen LogP contribution in [-0.2, 0) is 4.57 Å². The number of aromatic nitrogens is 2. The zero-order chi connectivity index (χ0) is 18.0. The maximum Gasteiger partial charge on any atom is 0.357 e. The molecule has 3 aromatic rings. The minimum Gasteiger partial charge on any atom is -0.417 e. The summed E-state index contributed by atoms with van der Waals surface area (Å²) in [7, 11) is -4.77. The van der Waals surface area contributed by atoms with E-state index >= 15 is 0 Å². The highest BCUT2D eigenvalue weighted by molar-refractivity contribution is 7.52. The van der Waals surface area contributed by atoms with E-state index in [0.717, 1.165) is 5.56 Å². The molecule has 0 aliphatic carbocycles. The smallest absolute Gasteiger partial charge is 0.357 e. The summed E-state index contributed by atoms with van der Waals surface area (Å²) in [5, 5.41) is 11.5. The SMILES string of the molecule is Cc1ccc(C(=O)N[C@@H](c2nnc(-c3cccs3)o2)P(=O)(O)O)cc1. The molecule has 0 radical (unpaired) electrons. The first-order valence-corrected chi connectivity index (χ1v) is 9.71. The molecule has 8 nitrogen and oxygen atoms in total. The van der Waals surface area contributed by atoms with Crippen LogP contribution in [0.5, 0.6) is 0 Å². The van der Waals surface area contributed by atoms with Gasteiger partial charge in [-0.15, -0.1) is 21.5 Å². The Labute approximate surface area is 146 Å². The lowest BCUT2D eigenvalue weighted by molar-refractivity contribution is 0.0938. The highest BCUT2D eigenvalue weighted by Gasteiger charge is 2.37. The van der Waals surface area contributed by atoms with Crippen molar-refractivity contribution in [2.24, 2.45) is 0 Å². The molecule has 2 aromatic heterocycles. The molecule has 25 heavy (non-hydrogen) atoms. The summed E-state index contributed by atoms with van der Waals surface area (Å²) >= 11 is 1.34. The summed E-state index contributed by atoms with van der Waals surface area (Å²) in [5.74, 6) is -2.59. The molecule has 0 bridgehead atoms. The minimum atomic E-state index is -4.77. The summed E-state index contributed by atoms with van der Waals surface area (Å²) in [5.41, 5.74) is 1.22. The third kappa shape index (κ3) is 4.02. The second kappa shape index (κ2) is 6.89. The van der Waals surface area contributed by atoms with Gasteiger partial charge >= 0.3 is 7.60 Å². The van der Waals surface area contributed by atoms with Gasteiger partial charge in [0.15, 0.2) is 0 Å². The van der Waals surface area contributed by atoms with Crippen molar-refractivity contribution in [2.75, 3.05) is 0 Å². The van der Waals surface area contributed by atoms with Crippen LogP contribution in [0.4, 0.5) is 0 Å². The van der Waals surface area contributed by atoms with Gasteiger partial charge in [-0.2, -0.15) is 0 Å². The summed E-state index contributed by atoms with van der Waals surface area (Å²) in [6, 6.07) is 10.1. The van der Waals surface area contributed by atoms with Crippen molar-refractivity contribution in [3.63, 3.8) is 0 Å². The Morgan fingerprint density at radius 3 is 2.56 bits per heavy atom. The molecule has 0 aliphatic rings. The third-order valence-electron chi connectivity index (χ3n) is 3.32. The van der Waals surface area contributed by atoms with E-state index in [1.807, 2.05) is 6.92 Å². The number of hydrogen-bond donors (Lipinski definition) is 3. The van der Waals surface area contributed by atoms with Gasteiger partial charge in [0.1, 0.15) is 0 Å². The lowest BCUT2D eigenvalue weighted by Gasteiger charge is -2.16. The van der Waals surface area contributed by atoms with Gasteiger partial charge < -0.3 is 19.5 Å². The molecule has 0 fully saturated rings.